The molecule has 0 aromatic carbocycles. The van der Waals surface area contributed by atoms with E-state index in [1.807, 2.05) is 0 Å². The first-order valence-corrected chi connectivity index (χ1v) is 6.66. The minimum Gasteiger partial charge on any atom is -0.480 e. The average molecular weight is 256 g/mol. The Balaban J connectivity index is 2.37. The lowest BCUT2D eigenvalue weighted by atomic mass is 9.78. The number of rotatable bonds is 6. The largest absolute Gasteiger partial charge is 0.480 e. The smallest absolute Gasteiger partial charge is 0.322 e. The predicted octanol–water partition coefficient (Wildman–Crippen LogP) is 1.09. The van der Waals surface area contributed by atoms with Crippen LogP contribution in [-0.4, -0.2) is 48.1 Å². The zero-order chi connectivity index (χ0) is 13.6. The second kappa shape index (κ2) is 6.73. The monoisotopic (exact) mass is 256 g/mol. The van der Waals surface area contributed by atoms with Crippen LogP contribution in [0.2, 0.25) is 0 Å². The van der Waals surface area contributed by atoms with Crippen molar-refractivity contribution in [3.05, 3.63) is 0 Å². The highest BCUT2D eigenvalue weighted by atomic mass is 16.4. The van der Waals surface area contributed by atoms with E-state index in [0.717, 1.165) is 25.9 Å². The number of carbonyl (C=O) groups excluding carboxylic acids is 1. The van der Waals surface area contributed by atoms with Gasteiger partial charge in [0, 0.05) is 6.54 Å². The topological polar surface area (TPSA) is 69.6 Å². The first kappa shape index (κ1) is 15.0. The molecule has 5 nitrogen and oxygen atoms in total. The Morgan fingerprint density at radius 3 is 2.78 bits per heavy atom. The molecule has 1 heterocycles. The van der Waals surface area contributed by atoms with E-state index in [1.54, 1.807) is 0 Å². The summed E-state index contributed by atoms with van der Waals surface area (Å²) in [4.78, 5) is 24.1. The van der Waals surface area contributed by atoms with Gasteiger partial charge in [-0.1, -0.05) is 20.3 Å². The van der Waals surface area contributed by atoms with E-state index < -0.39 is 5.97 Å². The third kappa shape index (κ3) is 5.04. The van der Waals surface area contributed by atoms with Gasteiger partial charge in [0.05, 0.1) is 6.54 Å². The van der Waals surface area contributed by atoms with Crippen LogP contribution in [0.3, 0.4) is 0 Å². The predicted molar refractivity (Wildman–Crippen MR) is 69.3 cm³/mol. The van der Waals surface area contributed by atoms with Crippen LogP contribution in [0, 0.1) is 5.41 Å². The summed E-state index contributed by atoms with van der Waals surface area (Å²) in [5, 5.41) is 10.9. The Hall–Kier alpha value is -1.10. The SMILES string of the molecule is CCCC1(C)CCCN(CC(=O)NCC(=O)O)C1. The quantitative estimate of drug-likeness (QED) is 0.746. The maximum Gasteiger partial charge on any atom is 0.322 e. The molecule has 5 heteroatoms. The molecule has 1 aliphatic rings. The molecule has 0 aromatic rings. The summed E-state index contributed by atoms with van der Waals surface area (Å²) >= 11 is 0. The first-order valence-electron chi connectivity index (χ1n) is 6.66. The number of hydrogen-bond donors (Lipinski definition) is 2. The lowest BCUT2D eigenvalue weighted by molar-refractivity contribution is -0.138. The van der Waals surface area contributed by atoms with Crippen molar-refractivity contribution >= 4 is 11.9 Å². The number of amides is 1. The molecule has 1 atom stereocenters. The Morgan fingerprint density at radius 2 is 2.17 bits per heavy atom. The van der Waals surface area contributed by atoms with E-state index in [1.165, 1.54) is 12.8 Å². The molecule has 18 heavy (non-hydrogen) atoms. The summed E-state index contributed by atoms with van der Waals surface area (Å²) < 4.78 is 0. The lowest BCUT2D eigenvalue weighted by Crippen LogP contribution is -2.46. The summed E-state index contributed by atoms with van der Waals surface area (Å²) in [5.74, 6) is -1.20. The fraction of sp³-hybridized carbons (Fsp3) is 0.846. The molecule has 1 fully saturated rings. The molecule has 0 radical (unpaired) electrons. The zero-order valence-corrected chi connectivity index (χ0v) is 11.4. The fourth-order valence-electron chi connectivity index (χ4n) is 2.80. The fourth-order valence-corrected chi connectivity index (χ4v) is 2.80. The van der Waals surface area contributed by atoms with E-state index in [0.29, 0.717) is 12.0 Å². The van der Waals surface area contributed by atoms with Crippen LogP contribution in [0.15, 0.2) is 0 Å². The van der Waals surface area contributed by atoms with Gasteiger partial charge in [-0.2, -0.15) is 0 Å². The van der Waals surface area contributed by atoms with Crippen molar-refractivity contribution in [2.24, 2.45) is 5.41 Å². The Kier molecular flexibility index (Phi) is 5.59. The number of likely N-dealkylation sites (tertiary alicyclic amines) is 1. The molecule has 0 saturated carbocycles. The molecule has 0 spiro atoms. The summed E-state index contributed by atoms with van der Waals surface area (Å²) in [5.41, 5.74) is 0.306. The van der Waals surface area contributed by atoms with Crippen molar-refractivity contribution in [1.82, 2.24) is 10.2 Å². The molecule has 1 saturated heterocycles. The average Bonchev–Trinajstić information content (AvgIpc) is 2.26. The van der Waals surface area contributed by atoms with Gasteiger partial charge in [0.15, 0.2) is 0 Å². The van der Waals surface area contributed by atoms with Crippen LogP contribution >= 0.6 is 0 Å². The second-order valence-corrected chi connectivity index (χ2v) is 5.55. The molecule has 0 aliphatic carbocycles. The minimum atomic E-state index is -1.00. The van der Waals surface area contributed by atoms with Crippen molar-refractivity contribution in [2.45, 2.75) is 39.5 Å². The Labute approximate surface area is 109 Å². The number of aliphatic carboxylic acids is 1. The van der Waals surface area contributed by atoms with E-state index in [2.05, 4.69) is 24.1 Å². The third-order valence-electron chi connectivity index (χ3n) is 3.52. The lowest BCUT2D eigenvalue weighted by Gasteiger charge is -2.40. The molecule has 2 N–H and O–H groups in total. The van der Waals surface area contributed by atoms with E-state index in [9.17, 15) is 9.59 Å². The number of piperidine rings is 1. The molecular formula is C13H24N2O3. The first-order chi connectivity index (χ1) is 8.45. The van der Waals surface area contributed by atoms with Crippen LogP contribution in [0.1, 0.15) is 39.5 Å². The van der Waals surface area contributed by atoms with E-state index in [-0.39, 0.29) is 12.5 Å². The third-order valence-corrected chi connectivity index (χ3v) is 3.52. The maximum absolute atomic E-state index is 11.6. The highest BCUT2D eigenvalue weighted by molar-refractivity contribution is 5.82. The highest BCUT2D eigenvalue weighted by Crippen LogP contribution is 2.33. The number of carboxylic acids is 1. The summed E-state index contributed by atoms with van der Waals surface area (Å²) in [7, 11) is 0. The van der Waals surface area contributed by atoms with Crippen LogP contribution in [-0.2, 0) is 9.59 Å². The number of hydrogen-bond acceptors (Lipinski definition) is 3. The van der Waals surface area contributed by atoms with Crippen LogP contribution in [0.25, 0.3) is 0 Å². The van der Waals surface area contributed by atoms with Gasteiger partial charge >= 0.3 is 5.97 Å². The summed E-state index contributed by atoms with van der Waals surface area (Å²) in [6.07, 6.45) is 4.67. The maximum atomic E-state index is 11.6. The highest BCUT2D eigenvalue weighted by Gasteiger charge is 2.30. The van der Waals surface area contributed by atoms with Gasteiger partial charge in [0.25, 0.3) is 0 Å². The molecule has 1 aliphatic heterocycles. The summed E-state index contributed by atoms with van der Waals surface area (Å²) in [6, 6.07) is 0. The molecule has 0 aromatic heterocycles. The van der Waals surface area contributed by atoms with Gasteiger partial charge in [-0.25, -0.2) is 0 Å². The van der Waals surface area contributed by atoms with Gasteiger partial charge in [0.1, 0.15) is 6.54 Å². The van der Waals surface area contributed by atoms with E-state index in [4.69, 9.17) is 5.11 Å². The molecule has 104 valence electrons. The van der Waals surface area contributed by atoms with Crippen molar-refractivity contribution in [3.63, 3.8) is 0 Å². The number of nitrogens with one attached hydrogen (secondary N) is 1. The van der Waals surface area contributed by atoms with Crippen molar-refractivity contribution in [3.8, 4) is 0 Å². The second-order valence-electron chi connectivity index (χ2n) is 5.55. The zero-order valence-electron chi connectivity index (χ0n) is 11.4. The minimum absolute atomic E-state index is 0.196. The molecular weight excluding hydrogens is 232 g/mol. The van der Waals surface area contributed by atoms with Crippen LogP contribution < -0.4 is 5.32 Å². The Bertz CT molecular complexity index is 303. The standard InChI is InChI=1S/C13H24N2O3/c1-3-5-13(2)6-4-7-15(10-13)9-11(16)14-8-12(17)18/h3-10H2,1-2H3,(H,14,16)(H,17,18). The molecule has 1 amide bonds. The number of carboxylic acid groups (broad SMARTS) is 1. The van der Waals surface area contributed by atoms with Gasteiger partial charge in [-0.3, -0.25) is 14.5 Å². The van der Waals surface area contributed by atoms with Crippen LogP contribution in [0.4, 0.5) is 0 Å². The normalized spacial score (nSPS) is 24.8. The van der Waals surface area contributed by atoms with E-state index >= 15 is 0 Å². The van der Waals surface area contributed by atoms with Gasteiger partial charge in [-0.15, -0.1) is 0 Å². The molecule has 1 rings (SSSR count). The van der Waals surface area contributed by atoms with Crippen molar-refractivity contribution in [2.75, 3.05) is 26.2 Å². The molecule has 1 unspecified atom stereocenters. The molecule has 0 bridgehead atoms. The summed E-state index contributed by atoms with van der Waals surface area (Å²) in [6.45, 7) is 6.34. The van der Waals surface area contributed by atoms with Crippen LogP contribution in [0.5, 0.6) is 0 Å². The van der Waals surface area contributed by atoms with Gasteiger partial charge < -0.3 is 10.4 Å². The van der Waals surface area contributed by atoms with Gasteiger partial charge in [-0.05, 0) is 31.2 Å². The van der Waals surface area contributed by atoms with Gasteiger partial charge in [0.2, 0.25) is 5.91 Å². The number of carbonyl (C=O) groups is 2. The van der Waals surface area contributed by atoms with Crippen molar-refractivity contribution < 1.29 is 14.7 Å². The Morgan fingerprint density at radius 1 is 1.44 bits per heavy atom. The number of nitrogens with zero attached hydrogens (tertiary/aromatic N) is 1. The van der Waals surface area contributed by atoms with Crippen molar-refractivity contribution in [1.29, 1.82) is 0 Å².